The van der Waals surface area contributed by atoms with Gasteiger partial charge in [0.1, 0.15) is 22.1 Å². The van der Waals surface area contributed by atoms with Gasteiger partial charge in [-0.25, -0.2) is 23.9 Å². The van der Waals surface area contributed by atoms with Crippen LogP contribution in [0.15, 0.2) is 40.7 Å². The summed E-state index contributed by atoms with van der Waals surface area (Å²) in [5, 5.41) is 12.8. The maximum absolute atomic E-state index is 14.9. The van der Waals surface area contributed by atoms with Crippen LogP contribution in [0, 0.1) is 11.8 Å². The number of allylic oxidation sites excluding steroid dienone is 1. The second kappa shape index (κ2) is 14.1. The number of phosphoric acid groups is 1. The Hall–Kier alpha value is -3.24. The quantitative estimate of drug-likeness (QED) is 0.198. The van der Waals surface area contributed by atoms with Crippen molar-refractivity contribution >= 4 is 42.1 Å². The molecule has 0 radical (unpaired) electrons. The lowest BCUT2D eigenvalue weighted by molar-refractivity contribution is -0.461. The number of carbonyl (C=O) groups excluding carboxylic acids is 1. The molecule has 3 aliphatic rings. The van der Waals surface area contributed by atoms with Crippen molar-refractivity contribution in [3.8, 4) is 0 Å². The van der Waals surface area contributed by atoms with Gasteiger partial charge in [-0.3, -0.25) is 18.9 Å². The summed E-state index contributed by atoms with van der Waals surface area (Å²) in [7, 11) is -2.58. The first-order valence-electron chi connectivity index (χ1n) is 15.2. The highest BCUT2D eigenvalue weighted by molar-refractivity contribution is 7.47. The molecule has 0 spiro atoms. The number of likely N-dealkylation sites (N-methyl/N-ethyl adjacent to an activating group) is 1. The van der Waals surface area contributed by atoms with Crippen molar-refractivity contribution in [2.24, 2.45) is 5.10 Å². The highest BCUT2D eigenvalue weighted by atomic mass is 32.1. The Morgan fingerprint density at radius 3 is 2.66 bits per heavy atom. The molecule has 13 nitrogen and oxygen atoms in total. The summed E-state index contributed by atoms with van der Waals surface area (Å²) in [5.74, 6) is -2.23. The van der Waals surface area contributed by atoms with Gasteiger partial charge in [-0.2, -0.15) is 4.39 Å². The summed E-state index contributed by atoms with van der Waals surface area (Å²) in [6.45, 7) is 9.54. The minimum atomic E-state index is -4.36. The van der Waals surface area contributed by atoms with Gasteiger partial charge in [-0.05, 0) is 59.6 Å². The molecule has 1 fully saturated rings. The molecule has 2 unspecified atom stereocenters. The second-order valence-corrected chi connectivity index (χ2v) is 14.4. The number of hydrazone groups is 1. The monoisotopic (exact) mass is 694 g/mol. The lowest BCUT2D eigenvalue weighted by Crippen LogP contribution is -2.39. The predicted molar refractivity (Wildman–Crippen MR) is 171 cm³/mol. The minimum Gasteiger partial charge on any atom is -0.378 e. The van der Waals surface area contributed by atoms with Crippen LogP contribution in [-0.4, -0.2) is 85.0 Å². The number of hydrazine groups is 1. The van der Waals surface area contributed by atoms with E-state index in [0.717, 1.165) is 36.3 Å². The predicted octanol–water partition coefficient (Wildman–Crippen LogP) is 5.02. The number of pyridine rings is 1. The largest absolute Gasteiger partial charge is 0.474 e. The fraction of sp³-hybridized carbons (Fsp3) is 0.500. The first kappa shape index (κ1) is 35.1. The van der Waals surface area contributed by atoms with Crippen molar-refractivity contribution in [3.05, 3.63) is 63.8 Å². The Morgan fingerprint density at radius 1 is 1.26 bits per heavy atom. The lowest BCUT2D eigenvalue weighted by Gasteiger charge is -2.32. The summed E-state index contributed by atoms with van der Waals surface area (Å²) in [6, 6.07) is 1.88. The van der Waals surface area contributed by atoms with Gasteiger partial charge in [-0.15, -0.1) is 11.3 Å². The topological polar surface area (TPSA) is 142 Å². The molecule has 47 heavy (non-hydrogen) atoms. The van der Waals surface area contributed by atoms with Gasteiger partial charge >= 0.3 is 7.82 Å². The Bertz CT molecular complexity index is 1700. The summed E-state index contributed by atoms with van der Waals surface area (Å²) in [6.07, 6.45) is 5.58. The van der Waals surface area contributed by atoms with Crippen LogP contribution in [0.4, 0.5) is 8.78 Å². The van der Waals surface area contributed by atoms with E-state index in [9.17, 15) is 23.0 Å². The number of halogens is 2. The molecule has 4 heterocycles. The standard InChI is InChI=1S/C30H38F2N7O6PS/c1-7-43-21-10-8-20(9-11-21)38-16-23(27(36-38)26-22(31)12-13-25(32)35-26)33-28(40)24-17-47-29(34-24)19-14-37(6)39(15-19)18(2)44-46(41,42)45-30(3,4)5/h12-13,15-18,21H,7-11,14H2,1-6H3,(H-,33,40,41,42)/p+1. The first-order valence-corrected chi connectivity index (χ1v) is 17.6. The Kier molecular flexibility index (Phi) is 10.5. The molecule has 2 aromatic heterocycles. The number of phosphoric ester groups is 1. The van der Waals surface area contributed by atoms with Crippen LogP contribution in [0.3, 0.4) is 0 Å². The maximum Gasteiger partial charge on any atom is 0.474 e. The molecule has 1 aliphatic carbocycles. The van der Waals surface area contributed by atoms with E-state index in [1.165, 1.54) is 11.3 Å². The van der Waals surface area contributed by atoms with Crippen molar-refractivity contribution in [2.45, 2.75) is 78.2 Å². The fourth-order valence-electron chi connectivity index (χ4n) is 5.40. The zero-order chi connectivity index (χ0) is 34.1. The third-order valence-electron chi connectivity index (χ3n) is 7.38. The average molecular weight is 695 g/mol. The van der Waals surface area contributed by atoms with Gasteiger partial charge in [-0.1, -0.05) is 4.68 Å². The maximum atomic E-state index is 14.9. The van der Waals surface area contributed by atoms with Crippen LogP contribution < -0.4 is 5.32 Å². The Labute approximate surface area is 275 Å². The SMILES string of the molecule is CCOC1CCC(=[N+]2C=C(NC(=O)c3csc(C4=CN(C(C)OP(=O)(O)OC(C)(C)C)N(C)C4)n3)C(c3nc(F)ccc3F)=N2)CC1. The molecule has 2 aromatic rings. The Balaban J connectivity index is 1.34. The molecule has 2 atom stereocenters. The molecule has 0 aromatic carbocycles. The number of nitrogens with zero attached hydrogens (tertiary/aromatic N) is 6. The zero-order valence-corrected chi connectivity index (χ0v) is 28.8. The van der Waals surface area contributed by atoms with Crippen LogP contribution in [0.25, 0.3) is 5.57 Å². The van der Waals surface area contributed by atoms with Crippen molar-refractivity contribution in [3.63, 3.8) is 0 Å². The van der Waals surface area contributed by atoms with E-state index in [1.54, 1.807) is 67.2 Å². The number of aromatic nitrogens is 2. The van der Waals surface area contributed by atoms with E-state index in [-0.39, 0.29) is 28.9 Å². The van der Waals surface area contributed by atoms with Crippen molar-refractivity contribution in [1.29, 1.82) is 0 Å². The average Bonchev–Trinajstić information content (AvgIpc) is 3.72. The van der Waals surface area contributed by atoms with Crippen LogP contribution >= 0.6 is 19.2 Å². The fourth-order valence-corrected chi connectivity index (χ4v) is 7.42. The van der Waals surface area contributed by atoms with E-state index in [1.807, 2.05) is 6.92 Å². The second-order valence-electron chi connectivity index (χ2n) is 12.2. The third-order valence-corrected chi connectivity index (χ3v) is 9.64. The number of hydrogen-bond acceptors (Lipinski definition) is 11. The number of amides is 1. The van der Waals surface area contributed by atoms with E-state index >= 15 is 0 Å². The van der Waals surface area contributed by atoms with Crippen molar-refractivity contribution in [2.75, 3.05) is 20.2 Å². The van der Waals surface area contributed by atoms with E-state index in [0.29, 0.717) is 31.0 Å². The highest BCUT2D eigenvalue weighted by Gasteiger charge is 2.36. The lowest BCUT2D eigenvalue weighted by atomic mass is 9.95. The first-order chi connectivity index (χ1) is 22.1. The van der Waals surface area contributed by atoms with Crippen LogP contribution in [0.1, 0.15) is 81.5 Å². The molecule has 1 amide bonds. The molecule has 0 bridgehead atoms. The number of nitrogens with one attached hydrogen (secondary N) is 1. The number of carbonyl (C=O) groups is 1. The summed E-state index contributed by atoms with van der Waals surface area (Å²) in [5.41, 5.74) is 0.746. The smallest absolute Gasteiger partial charge is 0.378 e. The van der Waals surface area contributed by atoms with Crippen molar-refractivity contribution in [1.82, 2.24) is 25.3 Å². The molecular formula is C30H39F2N7O6PS+. The van der Waals surface area contributed by atoms with Gasteiger partial charge < -0.3 is 14.9 Å². The number of thiazole rings is 1. The summed E-state index contributed by atoms with van der Waals surface area (Å²) < 4.78 is 59.3. The van der Waals surface area contributed by atoms with E-state index < -0.39 is 37.3 Å². The van der Waals surface area contributed by atoms with E-state index in [4.69, 9.17) is 13.8 Å². The van der Waals surface area contributed by atoms with Gasteiger partial charge in [0, 0.05) is 55.3 Å². The number of rotatable bonds is 10. The van der Waals surface area contributed by atoms with Crippen LogP contribution in [-0.2, 0) is 18.3 Å². The van der Waals surface area contributed by atoms with Crippen LogP contribution in [0.2, 0.25) is 0 Å². The molecule has 0 saturated heterocycles. The van der Waals surface area contributed by atoms with Gasteiger partial charge in [0.25, 0.3) is 5.91 Å². The highest BCUT2D eigenvalue weighted by Crippen LogP contribution is 2.49. The molecular weight excluding hydrogens is 655 g/mol. The molecule has 2 aliphatic heterocycles. The van der Waals surface area contributed by atoms with Gasteiger partial charge in [0.05, 0.1) is 11.7 Å². The molecule has 17 heteroatoms. The van der Waals surface area contributed by atoms with Gasteiger partial charge in [0.2, 0.25) is 12.1 Å². The molecule has 5 rings (SSSR count). The number of hydrogen-bond donors (Lipinski definition) is 2. The minimum absolute atomic E-state index is 0.00778. The molecule has 1 saturated carbocycles. The number of ether oxygens (including phenoxy) is 1. The molecule has 2 N–H and O–H groups in total. The van der Waals surface area contributed by atoms with Crippen LogP contribution in [0.5, 0.6) is 0 Å². The van der Waals surface area contributed by atoms with Gasteiger partial charge in [0.15, 0.2) is 23.5 Å². The third kappa shape index (κ3) is 8.62. The summed E-state index contributed by atoms with van der Waals surface area (Å²) >= 11 is 1.24. The Morgan fingerprint density at radius 2 is 1.98 bits per heavy atom. The zero-order valence-electron chi connectivity index (χ0n) is 27.1. The normalized spacial score (nSPS) is 21.0. The molecule has 254 valence electrons. The van der Waals surface area contributed by atoms with Crippen molar-refractivity contribution < 1.29 is 41.5 Å². The summed E-state index contributed by atoms with van der Waals surface area (Å²) in [4.78, 5) is 31.9. The van der Waals surface area contributed by atoms with E-state index in [2.05, 4.69) is 20.4 Å².